The van der Waals surface area contributed by atoms with E-state index in [1.54, 1.807) is 52.0 Å². The lowest BCUT2D eigenvalue weighted by Crippen LogP contribution is -2.42. The zero-order valence-corrected chi connectivity index (χ0v) is 31.5. The SMILES string of the molecule is CCOCCOCCOC(=O)C(Cl)C(C(=O)OCCOCCOCC)P(=O)(C(=O)c1c(C)cc(C)cc1C)C(=O)c1c(C)cc(C)cc1C. The van der Waals surface area contributed by atoms with Crippen LogP contribution in [0.4, 0.5) is 0 Å². The number of hydrogen-bond donors (Lipinski definition) is 0. The lowest BCUT2D eigenvalue weighted by molar-refractivity contribution is -0.151. The number of rotatable bonds is 22. The molecule has 0 spiro atoms. The van der Waals surface area contributed by atoms with Gasteiger partial charge >= 0.3 is 11.9 Å². The van der Waals surface area contributed by atoms with Gasteiger partial charge in [0.2, 0.25) is 18.2 Å². The van der Waals surface area contributed by atoms with Crippen LogP contribution in [0.1, 0.15) is 67.9 Å². The number of alkyl halides is 1. The average molecular weight is 725 g/mol. The first-order valence-electron chi connectivity index (χ1n) is 16.4. The van der Waals surface area contributed by atoms with Gasteiger partial charge in [-0.3, -0.25) is 19.2 Å². The molecular formula is C36H50ClO11P. The maximum atomic E-state index is 15.6. The van der Waals surface area contributed by atoms with E-state index in [1.807, 2.05) is 27.7 Å². The standard InChI is InChI=1S/C36H50ClO11P/c1-9-43-11-13-45-15-17-47-33(38)31(37)32(34(39)48-18-16-46-14-12-44-10-2)49(42,35(40)29-25(5)19-23(3)20-26(29)6)36(41)30-27(7)21-24(4)22-28(30)8/h19-22,31-32H,9-18H2,1-8H3. The largest absolute Gasteiger partial charge is 0.463 e. The first-order valence-corrected chi connectivity index (χ1v) is 18.6. The molecule has 0 bridgehead atoms. The van der Waals surface area contributed by atoms with Crippen molar-refractivity contribution >= 4 is 41.7 Å². The quantitative estimate of drug-likeness (QED) is 0.0607. The number of carbonyl (C=O) groups excluding carboxylic acids is 4. The molecule has 2 aromatic rings. The van der Waals surface area contributed by atoms with E-state index in [1.165, 1.54) is 0 Å². The Morgan fingerprint density at radius 1 is 0.571 bits per heavy atom. The highest BCUT2D eigenvalue weighted by Crippen LogP contribution is 2.59. The summed E-state index contributed by atoms with van der Waals surface area (Å²) in [7, 11) is -5.18. The Morgan fingerprint density at radius 3 is 1.27 bits per heavy atom. The van der Waals surface area contributed by atoms with Crippen LogP contribution in [0.25, 0.3) is 0 Å². The van der Waals surface area contributed by atoms with Gasteiger partial charge in [0, 0.05) is 24.3 Å². The Labute approximate surface area is 294 Å². The summed E-state index contributed by atoms with van der Waals surface area (Å²) in [6.07, 6.45) is 0. The van der Waals surface area contributed by atoms with Gasteiger partial charge in [0.1, 0.15) is 13.2 Å². The van der Waals surface area contributed by atoms with E-state index in [-0.39, 0.29) is 50.8 Å². The third-order valence-corrected chi connectivity index (χ3v) is 11.2. The second-order valence-corrected chi connectivity index (χ2v) is 14.8. The summed E-state index contributed by atoms with van der Waals surface area (Å²) in [6, 6.07) is 6.84. The van der Waals surface area contributed by atoms with E-state index < -0.39 is 41.2 Å². The molecule has 272 valence electrons. The maximum absolute atomic E-state index is 15.6. The lowest BCUT2D eigenvalue weighted by atomic mass is 10.0. The van der Waals surface area contributed by atoms with E-state index in [4.69, 9.17) is 40.0 Å². The Balaban J connectivity index is 2.65. The molecule has 0 N–H and O–H groups in total. The number of benzene rings is 2. The Morgan fingerprint density at radius 2 is 0.898 bits per heavy atom. The molecule has 0 aliphatic carbocycles. The monoisotopic (exact) mass is 724 g/mol. The predicted octanol–water partition coefficient (Wildman–Crippen LogP) is 6.05. The minimum Gasteiger partial charge on any atom is -0.463 e. The number of esters is 2. The molecule has 0 amide bonds. The van der Waals surface area contributed by atoms with Gasteiger partial charge in [0.05, 0.1) is 39.6 Å². The second kappa shape index (κ2) is 20.7. The molecule has 0 aliphatic rings. The first kappa shape index (κ1) is 42.2. The molecule has 2 rings (SSSR count). The van der Waals surface area contributed by atoms with E-state index in [9.17, 15) is 19.2 Å². The van der Waals surface area contributed by atoms with Gasteiger partial charge in [-0.05, 0) is 77.6 Å². The van der Waals surface area contributed by atoms with Crippen molar-refractivity contribution in [2.75, 3.05) is 66.1 Å². The zero-order chi connectivity index (χ0) is 36.7. The second-order valence-electron chi connectivity index (χ2n) is 11.6. The average Bonchev–Trinajstić information content (AvgIpc) is 3.02. The number of aryl methyl sites for hydroxylation is 6. The van der Waals surface area contributed by atoms with Crippen LogP contribution in [0.3, 0.4) is 0 Å². The van der Waals surface area contributed by atoms with Crippen molar-refractivity contribution < 1.29 is 52.2 Å². The van der Waals surface area contributed by atoms with E-state index in [0.29, 0.717) is 48.7 Å². The van der Waals surface area contributed by atoms with Gasteiger partial charge in [-0.1, -0.05) is 35.4 Å². The summed E-state index contributed by atoms with van der Waals surface area (Å²) in [5.41, 5.74) is -0.963. The zero-order valence-electron chi connectivity index (χ0n) is 29.9. The van der Waals surface area contributed by atoms with Crippen molar-refractivity contribution in [1.82, 2.24) is 0 Å². The molecule has 0 saturated heterocycles. The van der Waals surface area contributed by atoms with Crippen molar-refractivity contribution in [3.05, 3.63) is 68.8 Å². The van der Waals surface area contributed by atoms with Crippen molar-refractivity contribution in [2.45, 2.75) is 66.4 Å². The number of hydrogen-bond acceptors (Lipinski definition) is 11. The number of ether oxygens (including phenoxy) is 6. The van der Waals surface area contributed by atoms with Crippen molar-refractivity contribution in [2.24, 2.45) is 0 Å². The van der Waals surface area contributed by atoms with Crippen LogP contribution in [-0.2, 0) is 42.6 Å². The summed E-state index contributed by atoms with van der Waals surface area (Å²) in [4.78, 5) is 56.7. The molecule has 2 aromatic carbocycles. The van der Waals surface area contributed by atoms with Gasteiger partial charge in [0.25, 0.3) is 0 Å². The number of halogens is 1. The van der Waals surface area contributed by atoms with E-state index in [2.05, 4.69) is 0 Å². The van der Waals surface area contributed by atoms with Gasteiger partial charge in [-0.25, -0.2) is 0 Å². The smallest absolute Gasteiger partial charge is 0.325 e. The van der Waals surface area contributed by atoms with Crippen molar-refractivity contribution in [1.29, 1.82) is 0 Å². The van der Waals surface area contributed by atoms with Crippen LogP contribution in [0.15, 0.2) is 24.3 Å². The van der Waals surface area contributed by atoms with Crippen LogP contribution in [0, 0.1) is 41.5 Å². The summed E-state index contributed by atoms with van der Waals surface area (Å²) in [5.74, 6) is -2.44. The van der Waals surface area contributed by atoms with Gasteiger partial charge in [-0.2, -0.15) is 0 Å². The maximum Gasteiger partial charge on any atom is 0.325 e. The molecule has 13 heteroatoms. The molecular weight excluding hydrogens is 675 g/mol. The van der Waals surface area contributed by atoms with Crippen molar-refractivity contribution in [3.8, 4) is 0 Å². The fourth-order valence-corrected chi connectivity index (χ4v) is 9.15. The molecule has 0 aliphatic heterocycles. The highest BCUT2D eigenvalue weighted by molar-refractivity contribution is 7.96. The summed E-state index contributed by atoms with van der Waals surface area (Å²) in [6.45, 7) is 15.4. The summed E-state index contributed by atoms with van der Waals surface area (Å²) in [5, 5.41) is -2.04. The number of carbonyl (C=O) groups is 4. The van der Waals surface area contributed by atoms with Crippen LogP contribution in [0.2, 0.25) is 0 Å². The molecule has 0 fully saturated rings. The molecule has 49 heavy (non-hydrogen) atoms. The van der Waals surface area contributed by atoms with E-state index in [0.717, 1.165) is 11.1 Å². The normalized spacial score (nSPS) is 12.8. The Hall–Kier alpha value is -2.92. The Bertz CT molecular complexity index is 1390. The molecule has 0 heterocycles. The third kappa shape index (κ3) is 11.6. The highest BCUT2D eigenvalue weighted by Gasteiger charge is 2.57. The first-order chi connectivity index (χ1) is 23.2. The lowest BCUT2D eigenvalue weighted by Gasteiger charge is -2.28. The Kier molecular flexibility index (Phi) is 17.8. The van der Waals surface area contributed by atoms with Crippen molar-refractivity contribution in [3.63, 3.8) is 0 Å². The predicted molar refractivity (Wildman–Crippen MR) is 188 cm³/mol. The molecule has 0 radical (unpaired) electrons. The van der Waals surface area contributed by atoms with Crippen LogP contribution in [-0.4, -0.2) is 100 Å². The van der Waals surface area contributed by atoms with Gasteiger partial charge in [-0.15, -0.1) is 11.6 Å². The molecule has 0 saturated carbocycles. The molecule has 2 atom stereocenters. The fraction of sp³-hybridized carbons (Fsp3) is 0.556. The van der Waals surface area contributed by atoms with Gasteiger partial charge < -0.3 is 33.0 Å². The minimum absolute atomic E-state index is 0.00157. The fourth-order valence-electron chi connectivity index (χ4n) is 5.59. The molecule has 11 nitrogen and oxygen atoms in total. The molecule has 0 aromatic heterocycles. The van der Waals surface area contributed by atoms with Crippen LogP contribution < -0.4 is 0 Å². The van der Waals surface area contributed by atoms with Gasteiger partial charge in [0.15, 0.2) is 11.0 Å². The summed E-state index contributed by atoms with van der Waals surface area (Å²) < 4.78 is 47.5. The summed E-state index contributed by atoms with van der Waals surface area (Å²) >= 11 is 6.67. The highest BCUT2D eigenvalue weighted by atomic mass is 35.5. The van der Waals surface area contributed by atoms with E-state index >= 15 is 4.57 Å². The van der Waals surface area contributed by atoms with Crippen LogP contribution >= 0.6 is 18.7 Å². The van der Waals surface area contributed by atoms with Crippen LogP contribution in [0.5, 0.6) is 0 Å². The topological polar surface area (TPSA) is 141 Å². The molecule has 2 unspecified atom stereocenters. The third-order valence-electron chi connectivity index (χ3n) is 7.62. The minimum atomic E-state index is -5.18.